The Balaban J connectivity index is 2.20. The normalized spacial score (nSPS) is 13.6. The van der Waals surface area contributed by atoms with E-state index in [2.05, 4.69) is 13.5 Å². The smallest absolute Gasteiger partial charge is 0.266 e. The fourth-order valence-electron chi connectivity index (χ4n) is 5.18. The van der Waals surface area contributed by atoms with E-state index in [9.17, 15) is 17.5 Å². The number of benzene rings is 1. The van der Waals surface area contributed by atoms with Gasteiger partial charge in [0.15, 0.2) is 0 Å². The van der Waals surface area contributed by atoms with Gasteiger partial charge in [-0.15, -0.1) is 0 Å². The highest BCUT2D eigenvalue weighted by Gasteiger charge is 2.24. The molecule has 0 amide bonds. The van der Waals surface area contributed by atoms with Crippen molar-refractivity contribution < 1.29 is 17.5 Å². The molecule has 2 atom stereocenters. The van der Waals surface area contributed by atoms with Crippen LogP contribution in [0.1, 0.15) is 128 Å². The summed E-state index contributed by atoms with van der Waals surface area (Å²) in [5.74, 6) is 0.823. The van der Waals surface area contributed by atoms with Crippen LogP contribution in [-0.2, 0) is 21.3 Å². The van der Waals surface area contributed by atoms with E-state index in [0.717, 1.165) is 24.0 Å². The maximum Gasteiger partial charge on any atom is 0.266 e. The van der Waals surface area contributed by atoms with Crippen LogP contribution in [0.25, 0.3) is 0 Å². The highest BCUT2D eigenvalue weighted by Crippen LogP contribution is 2.27. The highest BCUT2D eigenvalue weighted by molar-refractivity contribution is 7.91. The minimum absolute atomic E-state index is 0.168. The Bertz CT molecular complexity index is 832. The van der Waals surface area contributed by atoms with Gasteiger partial charge in [0.2, 0.25) is 0 Å². The molecule has 0 aromatic heterocycles. The summed E-state index contributed by atoms with van der Waals surface area (Å²) in [5.41, 5.74) is 1.91. The van der Waals surface area contributed by atoms with Crippen LogP contribution >= 0.6 is 0 Å². The van der Waals surface area contributed by atoms with Crippen molar-refractivity contribution in [1.29, 1.82) is 0 Å². The van der Waals surface area contributed by atoms with Crippen molar-refractivity contribution in [1.82, 2.24) is 4.90 Å². The van der Waals surface area contributed by atoms with Crippen LogP contribution in [0.2, 0.25) is 0 Å². The Morgan fingerprint density at radius 3 is 1.72 bits per heavy atom. The summed E-state index contributed by atoms with van der Waals surface area (Å²) in [6.45, 7) is 8.97. The second kappa shape index (κ2) is 22.8. The molecule has 0 saturated carbocycles. The average Bonchev–Trinajstić information content (AvgIpc) is 2.89. The maximum atomic E-state index is 12.7. The molecule has 1 aromatic rings. The zero-order chi connectivity index (χ0) is 28.8. The van der Waals surface area contributed by atoms with Crippen molar-refractivity contribution in [3.8, 4) is 0 Å². The number of hydrogen-bond acceptors (Lipinski definition) is 4. The monoisotopic (exact) mass is 583 g/mol. The van der Waals surface area contributed by atoms with Crippen LogP contribution < -0.4 is 0 Å². The third-order valence-corrected chi connectivity index (χ3v) is 9.50. The third-order valence-electron chi connectivity index (χ3n) is 7.42. The van der Waals surface area contributed by atoms with Crippen molar-refractivity contribution in [3.63, 3.8) is 0 Å². The second-order valence-electron chi connectivity index (χ2n) is 11.1. The van der Waals surface area contributed by atoms with Crippen LogP contribution in [0, 0.1) is 0 Å². The van der Waals surface area contributed by atoms with Crippen molar-refractivity contribution >= 4 is 21.3 Å². The van der Waals surface area contributed by atoms with E-state index in [0.29, 0.717) is 18.1 Å². The van der Waals surface area contributed by atoms with Crippen molar-refractivity contribution in [2.24, 2.45) is 0 Å². The van der Waals surface area contributed by atoms with Gasteiger partial charge in [0, 0.05) is 13.1 Å². The van der Waals surface area contributed by atoms with E-state index in [-0.39, 0.29) is 18.3 Å². The van der Waals surface area contributed by atoms with Gasteiger partial charge in [-0.1, -0.05) is 150 Å². The molecule has 0 aliphatic heterocycles. The largest absolute Gasteiger partial charge is 0.616 e. The van der Waals surface area contributed by atoms with Gasteiger partial charge >= 0.3 is 0 Å². The number of unbranched alkanes of at least 4 members (excludes halogenated alkanes) is 15. The van der Waals surface area contributed by atoms with Gasteiger partial charge in [-0.3, -0.25) is 9.45 Å². The molecule has 1 aromatic carbocycles. The summed E-state index contributed by atoms with van der Waals surface area (Å²) in [6, 6.07) is 9.64. The Kier molecular flexibility index (Phi) is 21.1. The lowest BCUT2D eigenvalue weighted by molar-refractivity contribution is 0.247. The van der Waals surface area contributed by atoms with E-state index in [1.54, 1.807) is 0 Å². The minimum atomic E-state index is -4.09. The van der Waals surface area contributed by atoms with Gasteiger partial charge in [-0.05, 0) is 25.3 Å². The van der Waals surface area contributed by atoms with Gasteiger partial charge in [-0.25, -0.2) is 0 Å². The molecule has 2 unspecified atom stereocenters. The van der Waals surface area contributed by atoms with Crippen LogP contribution in [0.15, 0.2) is 42.5 Å². The molecular weight excluding hydrogens is 526 g/mol. The average molecular weight is 584 g/mol. The summed E-state index contributed by atoms with van der Waals surface area (Å²) in [7, 11) is -4.09. The van der Waals surface area contributed by atoms with Crippen LogP contribution in [0.5, 0.6) is 0 Å². The molecule has 226 valence electrons. The lowest BCUT2D eigenvalue weighted by Crippen LogP contribution is -2.37. The molecule has 0 aliphatic carbocycles. The summed E-state index contributed by atoms with van der Waals surface area (Å²) in [5, 5.41) is 0. The van der Waals surface area contributed by atoms with Crippen molar-refractivity contribution in [2.75, 3.05) is 30.3 Å². The lowest BCUT2D eigenvalue weighted by atomic mass is 9.99. The third kappa shape index (κ3) is 19.8. The van der Waals surface area contributed by atoms with Gasteiger partial charge in [0.1, 0.15) is 11.5 Å². The summed E-state index contributed by atoms with van der Waals surface area (Å²) >= 11 is -0.952. The molecule has 0 bridgehead atoms. The molecule has 0 spiro atoms. The predicted molar refractivity (Wildman–Crippen MR) is 169 cm³/mol. The van der Waals surface area contributed by atoms with E-state index in [1.165, 1.54) is 89.9 Å². The Hall–Kier alpha value is -0.860. The first-order valence-electron chi connectivity index (χ1n) is 15.5. The van der Waals surface area contributed by atoms with E-state index in [4.69, 9.17) is 0 Å². The maximum absolute atomic E-state index is 12.7. The van der Waals surface area contributed by atoms with Crippen molar-refractivity contribution in [3.05, 3.63) is 48.0 Å². The first-order chi connectivity index (χ1) is 18.7. The summed E-state index contributed by atoms with van der Waals surface area (Å²) in [6.07, 6.45) is 21.1. The van der Waals surface area contributed by atoms with Gasteiger partial charge in [0.05, 0.1) is 11.8 Å². The lowest BCUT2D eigenvalue weighted by Gasteiger charge is -2.32. The molecule has 1 rings (SSSR count). The standard InChI is InChI=1S/C32H57NO4S2/c1-4-5-6-7-8-9-10-11-12-13-14-15-16-17-18-22-27-38(34)28-25-33(26-29-39(35,36)37)32(30(2)3)31-23-20-19-21-24-31/h19-21,23-24,32H,2,4-18,22,25-29H2,1,3H3,(H,35,36,37). The summed E-state index contributed by atoms with van der Waals surface area (Å²) in [4.78, 5) is 1.98. The molecule has 0 aliphatic rings. The number of rotatable bonds is 26. The number of nitrogens with zero attached hydrogens (tertiary/aromatic N) is 1. The zero-order valence-corrected chi connectivity index (χ0v) is 26.6. The second-order valence-corrected chi connectivity index (χ2v) is 14.4. The Morgan fingerprint density at radius 1 is 0.821 bits per heavy atom. The molecular formula is C32H57NO4S2. The fourth-order valence-corrected chi connectivity index (χ4v) is 6.81. The predicted octanol–water partition coefficient (Wildman–Crippen LogP) is 8.50. The molecule has 0 radical (unpaired) electrons. The molecule has 0 saturated heterocycles. The Labute approximate surface area is 244 Å². The van der Waals surface area contributed by atoms with Gasteiger partial charge in [-0.2, -0.15) is 8.42 Å². The highest BCUT2D eigenvalue weighted by atomic mass is 32.2. The Morgan fingerprint density at radius 2 is 1.28 bits per heavy atom. The SMILES string of the molecule is C=C(C)C(c1ccccc1)N(CC[S+]([O-])CCCCCCCCCCCCCCCCCC)CCS(=O)(=O)O. The molecule has 7 heteroatoms. The van der Waals surface area contributed by atoms with E-state index >= 15 is 0 Å². The van der Waals surface area contributed by atoms with Crippen LogP contribution in [0.3, 0.4) is 0 Å². The summed E-state index contributed by atoms with van der Waals surface area (Å²) < 4.78 is 44.9. The topological polar surface area (TPSA) is 80.7 Å². The molecule has 0 fully saturated rings. The molecule has 5 nitrogen and oxygen atoms in total. The molecule has 39 heavy (non-hydrogen) atoms. The fraction of sp³-hybridized carbons (Fsp3) is 0.750. The van der Waals surface area contributed by atoms with Crippen LogP contribution in [0.4, 0.5) is 0 Å². The van der Waals surface area contributed by atoms with Gasteiger partial charge in [0.25, 0.3) is 10.1 Å². The first kappa shape index (κ1) is 36.2. The van der Waals surface area contributed by atoms with E-state index < -0.39 is 21.3 Å². The van der Waals surface area contributed by atoms with Crippen molar-refractivity contribution in [2.45, 2.75) is 123 Å². The van der Waals surface area contributed by atoms with Crippen LogP contribution in [-0.4, -0.2) is 52.8 Å². The van der Waals surface area contributed by atoms with E-state index in [1.807, 2.05) is 42.2 Å². The zero-order valence-electron chi connectivity index (χ0n) is 25.0. The quantitative estimate of drug-likeness (QED) is 0.0512. The first-order valence-corrected chi connectivity index (χ1v) is 18.6. The minimum Gasteiger partial charge on any atom is -0.616 e. The number of hydrogen-bond donors (Lipinski definition) is 1. The van der Waals surface area contributed by atoms with Gasteiger partial charge < -0.3 is 4.55 Å². The molecule has 1 N–H and O–H groups in total. The molecule has 0 heterocycles.